The molecule has 0 fully saturated rings. The molecule has 0 saturated heterocycles. The normalized spacial score (nSPS) is 14.5. The van der Waals surface area contributed by atoms with E-state index in [4.69, 9.17) is 9.41 Å². The van der Waals surface area contributed by atoms with Crippen molar-refractivity contribution >= 4 is 16.9 Å². The maximum absolute atomic E-state index is 9.20. The van der Waals surface area contributed by atoms with Crippen LogP contribution in [0.25, 0.3) is 11.0 Å². The largest absolute Gasteiger partial charge is 0.459 e. The molecular weight excluding hydrogens is 314 g/mol. The molecule has 0 spiro atoms. The smallest absolute Gasteiger partial charge is 0.191 e. The number of aliphatic imine (C=N–C) groups is 1. The van der Waals surface area contributed by atoms with Gasteiger partial charge in [0.25, 0.3) is 0 Å². The lowest BCUT2D eigenvalue weighted by atomic mass is 10.0. The first-order chi connectivity index (χ1) is 12.2. The Hall–Kier alpha value is -2.01. The number of nitrogens with zero attached hydrogens (tertiary/aromatic N) is 1. The summed E-state index contributed by atoms with van der Waals surface area (Å²) in [4.78, 5) is 4.71. The Kier molecular flexibility index (Phi) is 7.79. The zero-order chi connectivity index (χ0) is 18.1. The van der Waals surface area contributed by atoms with Crippen LogP contribution < -0.4 is 10.6 Å². The topological polar surface area (TPSA) is 69.8 Å². The third-order valence-electron chi connectivity index (χ3n) is 4.31. The fourth-order valence-corrected chi connectivity index (χ4v) is 2.95. The molecule has 1 aromatic heterocycles. The van der Waals surface area contributed by atoms with Crippen molar-refractivity contribution in [1.82, 2.24) is 10.6 Å². The molecule has 0 saturated carbocycles. The summed E-state index contributed by atoms with van der Waals surface area (Å²) in [6.45, 7) is 8.04. The van der Waals surface area contributed by atoms with Crippen LogP contribution in [0.2, 0.25) is 0 Å². The van der Waals surface area contributed by atoms with Crippen LogP contribution in [0.3, 0.4) is 0 Å². The van der Waals surface area contributed by atoms with Crippen molar-refractivity contribution in [3.8, 4) is 0 Å². The van der Waals surface area contributed by atoms with Gasteiger partial charge < -0.3 is 20.2 Å². The van der Waals surface area contributed by atoms with Crippen molar-refractivity contribution in [1.29, 1.82) is 0 Å². The predicted octanol–water partition coefficient (Wildman–Crippen LogP) is 3.85. The van der Waals surface area contributed by atoms with Gasteiger partial charge in [-0.3, -0.25) is 4.99 Å². The van der Waals surface area contributed by atoms with Crippen LogP contribution in [0.15, 0.2) is 39.7 Å². The van der Waals surface area contributed by atoms with E-state index in [1.807, 2.05) is 18.2 Å². The van der Waals surface area contributed by atoms with Crippen molar-refractivity contribution in [3.63, 3.8) is 0 Å². The van der Waals surface area contributed by atoms with Gasteiger partial charge in [0.15, 0.2) is 5.96 Å². The number of fused-ring (bicyclic) bond motifs is 1. The molecule has 0 aliphatic carbocycles. The zero-order valence-electron chi connectivity index (χ0n) is 15.6. The first-order valence-electron chi connectivity index (χ1n) is 9.32. The molecule has 5 heteroatoms. The fourth-order valence-electron chi connectivity index (χ4n) is 2.95. The van der Waals surface area contributed by atoms with E-state index in [0.717, 1.165) is 55.0 Å². The van der Waals surface area contributed by atoms with E-state index in [1.54, 1.807) is 0 Å². The second-order valence-corrected chi connectivity index (χ2v) is 6.44. The van der Waals surface area contributed by atoms with Gasteiger partial charge in [-0.1, -0.05) is 31.5 Å². The predicted molar refractivity (Wildman–Crippen MR) is 104 cm³/mol. The van der Waals surface area contributed by atoms with Gasteiger partial charge in [0.1, 0.15) is 11.3 Å². The third-order valence-corrected chi connectivity index (χ3v) is 4.31. The van der Waals surface area contributed by atoms with Crippen LogP contribution in [0.4, 0.5) is 0 Å². The monoisotopic (exact) mass is 345 g/mol. The quantitative estimate of drug-likeness (QED) is 0.477. The van der Waals surface area contributed by atoms with Crippen LogP contribution >= 0.6 is 0 Å². The summed E-state index contributed by atoms with van der Waals surface area (Å²) >= 11 is 0. The highest BCUT2D eigenvalue weighted by atomic mass is 16.3. The summed E-state index contributed by atoms with van der Waals surface area (Å²) in [5, 5.41) is 17.0. The molecule has 0 aliphatic heterocycles. The number of aliphatic hydroxyl groups excluding tert-OH is 1. The van der Waals surface area contributed by atoms with E-state index >= 15 is 0 Å². The molecule has 0 amide bonds. The second-order valence-electron chi connectivity index (χ2n) is 6.44. The van der Waals surface area contributed by atoms with Crippen LogP contribution in [-0.4, -0.2) is 30.8 Å². The average molecular weight is 345 g/mol. The number of benzene rings is 1. The van der Waals surface area contributed by atoms with Crippen LogP contribution in [0.1, 0.15) is 51.8 Å². The number of aliphatic hydroxyl groups is 1. The highest BCUT2D eigenvalue weighted by Gasteiger charge is 2.14. The Morgan fingerprint density at radius 2 is 2.04 bits per heavy atom. The average Bonchev–Trinajstić information content (AvgIpc) is 3.04. The van der Waals surface area contributed by atoms with Gasteiger partial charge in [-0.05, 0) is 44.7 Å². The van der Waals surface area contributed by atoms with Crippen molar-refractivity contribution in [2.45, 2.75) is 46.1 Å². The van der Waals surface area contributed by atoms with Gasteiger partial charge in [0.05, 0.1) is 6.04 Å². The molecule has 0 aliphatic rings. The molecule has 0 radical (unpaired) electrons. The number of hydrogen-bond acceptors (Lipinski definition) is 3. The summed E-state index contributed by atoms with van der Waals surface area (Å²) < 4.78 is 5.93. The minimum atomic E-state index is 0.0210. The zero-order valence-corrected chi connectivity index (χ0v) is 15.6. The molecule has 25 heavy (non-hydrogen) atoms. The molecule has 2 aromatic rings. The molecule has 1 aromatic carbocycles. The summed E-state index contributed by atoms with van der Waals surface area (Å²) in [7, 11) is 0. The van der Waals surface area contributed by atoms with E-state index in [-0.39, 0.29) is 12.6 Å². The van der Waals surface area contributed by atoms with E-state index < -0.39 is 0 Å². The first kappa shape index (κ1) is 19.3. The molecule has 5 nitrogen and oxygen atoms in total. The molecule has 2 atom stereocenters. The maximum atomic E-state index is 9.20. The van der Waals surface area contributed by atoms with Gasteiger partial charge in [0, 0.05) is 25.1 Å². The fraction of sp³-hybridized carbons (Fsp3) is 0.550. The number of para-hydroxylation sites is 1. The Balaban J connectivity index is 2.04. The van der Waals surface area contributed by atoms with Crippen molar-refractivity contribution < 1.29 is 9.52 Å². The summed E-state index contributed by atoms with van der Waals surface area (Å²) in [5.41, 5.74) is 0.902. The molecule has 0 bridgehead atoms. The lowest BCUT2D eigenvalue weighted by Gasteiger charge is -2.18. The Morgan fingerprint density at radius 1 is 1.24 bits per heavy atom. The highest BCUT2D eigenvalue weighted by Crippen LogP contribution is 2.23. The Labute approximate surface area is 150 Å². The van der Waals surface area contributed by atoms with Crippen LogP contribution in [0, 0.1) is 5.92 Å². The molecule has 1 heterocycles. The van der Waals surface area contributed by atoms with Gasteiger partial charge in [-0.2, -0.15) is 0 Å². The summed E-state index contributed by atoms with van der Waals surface area (Å²) in [6.07, 6.45) is 3.00. The molecule has 2 rings (SSSR count). The molecule has 138 valence electrons. The number of hydrogen-bond donors (Lipinski definition) is 3. The van der Waals surface area contributed by atoms with E-state index in [0.29, 0.717) is 5.92 Å². The number of furan rings is 1. The Bertz CT molecular complexity index is 627. The van der Waals surface area contributed by atoms with Crippen LogP contribution in [-0.2, 0) is 0 Å². The van der Waals surface area contributed by atoms with Gasteiger partial charge in [-0.15, -0.1) is 0 Å². The van der Waals surface area contributed by atoms with Crippen molar-refractivity contribution in [2.24, 2.45) is 10.9 Å². The number of nitrogens with one attached hydrogen (secondary N) is 2. The highest BCUT2D eigenvalue weighted by molar-refractivity contribution is 5.81. The van der Waals surface area contributed by atoms with E-state index in [1.165, 1.54) is 0 Å². The van der Waals surface area contributed by atoms with E-state index in [9.17, 15) is 5.11 Å². The lowest BCUT2D eigenvalue weighted by molar-refractivity contribution is 0.253. The standard InChI is InChI=1S/C20H31N3O2/c1-4-8-16(11-12-24)14-22-20(21-5-2)23-15(3)19-13-17-9-6-7-10-18(17)25-19/h6-7,9-10,13,15-16,24H,4-5,8,11-12,14H2,1-3H3,(H2,21,22,23). The number of guanidine groups is 1. The molecule has 2 unspecified atom stereocenters. The summed E-state index contributed by atoms with van der Waals surface area (Å²) in [6, 6.07) is 10.1. The lowest BCUT2D eigenvalue weighted by Crippen LogP contribution is -2.39. The molecular formula is C20H31N3O2. The maximum Gasteiger partial charge on any atom is 0.191 e. The minimum Gasteiger partial charge on any atom is -0.459 e. The second kappa shape index (κ2) is 10.1. The Morgan fingerprint density at radius 3 is 2.72 bits per heavy atom. The first-order valence-corrected chi connectivity index (χ1v) is 9.32. The minimum absolute atomic E-state index is 0.0210. The van der Waals surface area contributed by atoms with Crippen molar-refractivity contribution in [3.05, 3.63) is 36.1 Å². The number of rotatable bonds is 9. The third kappa shape index (κ3) is 5.78. The van der Waals surface area contributed by atoms with Gasteiger partial charge >= 0.3 is 0 Å². The van der Waals surface area contributed by atoms with Gasteiger partial charge in [-0.25, -0.2) is 0 Å². The van der Waals surface area contributed by atoms with Crippen LogP contribution in [0.5, 0.6) is 0 Å². The van der Waals surface area contributed by atoms with E-state index in [2.05, 4.69) is 43.5 Å². The molecule has 3 N–H and O–H groups in total. The van der Waals surface area contributed by atoms with Crippen molar-refractivity contribution in [2.75, 3.05) is 19.7 Å². The SMILES string of the molecule is CCCC(CCO)CN=C(NCC)NC(C)c1cc2ccccc2o1. The van der Waals surface area contributed by atoms with Gasteiger partial charge in [0.2, 0.25) is 0 Å². The summed E-state index contributed by atoms with van der Waals surface area (Å²) in [5.74, 6) is 2.11.